The van der Waals surface area contributed by atoms with Gasteiger partial charge < -0.3 is 10.4 Å². The first-order valence-corrected chi connectivity index (χ1v) is 6.08. The normalized spacial score (nSPS) is 12.6. The Morgan fingerprint density at radius 3 is 2.53 bits per heavy atom. The van der Waals surface area contributed by atoms with Crippen molar-refractivity contribution < 1.29 is 9.90 Å². The van der Waals surface area contributed by atoms with Crippen LogP contribution in [0.4, 0.5) is 5.69 Å². The summed E-state index contributed by atoms with van der Waals surface area (Å²) in [5.74, 6) is -0.326. The van der Waals surface area contributed by atoms with E-state index >= 15 is 0 Å². The van der Waals surface area contributed by atoms with Crippen molar-refractivity contribution in [1.29, 1.82) is 0 Å². The summed E-state index contributed by atoms with van der Waals surface area (Å²) in [5, 5.41) is 12.1. The molecule has 0 heterocycles. The molecular weight excluding hydrogens is 261 g/mol. The van der Waals surface area contributed by atoms with Crippen molar-refractivity contribution in [2.75, 3.05) is 5.32 Å². The molecule has 17 heavy (non-hydrogen) atoms. The van der Waals surface area contributed by atoms with E-state index in [-0.39, 0.29) is 23.3 Å². The van der Waals surface area contributed by atoms with Crippen LogP contribution in [0.25, 0.3) is 0 Å². The SMILES string of the molecule is Cc1cc(Cl)cc(NC(=O)C(Cl)C(C)C)c1O. The van der Waals surface area contributed by atoms with Crippen LogP contribution in [-0.4, -0.2) is 16.4 Å². The average molecular weight is 276 g/mol. The summed E-state index contributed by atoms with van der Waals surface area (Å²) < 4.78 is 0. The quantitative estimate of drug-likeness (QED) is 0.655. The van der Waals surface area contributed by atoms with Crippen LogP contribution >= 0.6 is 23.2 Å². The highest BCUT2D eigenvalue weighted by Gasteiger charge is 2.20. The highest BCUT2D eigenvalue weighted by molar-refractivity contribution is 6.33. The van der Waals surface area contributed by atoms with E-state index in [4.69, 9.17) is 23.2 Å². The molecular formula is C12H15Cl2NO2. The van der Waals surface area contributed by atoms with Gasteiger partial charge in [0.15, 0.2) is 0 Å². The van der Waals surface area contributed by atoms with Gasteiger partial charge in [-0.05, 0) is 30.5 Å². The van der Waals surface area contributed by atoms with E-state index in [1.807, 2.05) is 13.8 Å². The monoisotopic (exact) mass is 275 g/mol. The van der Waals surface area contributed by atoms with Crippen molar-refractivity contribution in [1.82, 2.24) is 0 Å². The number of aromatic hydroxyl groups is 1. The standard InChI is InChI=1S/C12H15Cl2NO2/c1-6(2)10(14)12(17)15-9-5-8(13)4-7(3)11(9)16/h4-6,10,16H,1-3H3,(H,15,17). The number of benzene rings is 1. The number of hydrogen-bond donors (Lipinski definition) is 2. The molecule has 1 aromatic carbocycles. The maximum atomic E-state index is 11.7. The molecule has 2 N–H and O–H groups in total. The van der Waals surface area contributed by atoms with Gasteiger partial charge in [0.2, 0.25) is 5.91 Å². The maximum absolute atomic E-state index is 11.7. The molecule has 0 aliphatic rings. The third kappa shape index (κ3) is 3.51. The Morgan fingerprint density at radius 2 is 2.00 bits per heavy atom. The van der Waals surface area contributed by atoms with Crippen LogP contribution in [0.15, 0.2) is 12.1 Å². The fraction of sp³-hybridized carbons (Fsp3) is 0.417. The van der Waals surface area contributed by atoms with E-state index in [1.54, 1.807) is 13.0 Å². The molecule has 0 saturated carbocycles. The number of carbonyl (C=O) groups is 1. The Morgan fingerprint density at radius 1 is 1.41 bits per heavy atom. The second-order valence-electron chi connectivity index (χ2n) is 4.25. The van der Waals surface area contributed by atoms with Crippen LogP contribution in [0.1, 0.15) is 19.4 Å². The molecule has 0 bridgehead atoms. The van der Waals surface area contributed by atoms with Crippen molar-refractivity contribution in [3.05, 3.63) is 22.7 Å². The number of rotatable bonds is 3. The van der Waals surface area contributed by atoms with E-state index < -0.39 is 5.38 Å². The molecule has 0 aliphatic heterocycles. The Balaban J connectivity index is 2.92. The average Bonchev–Trinajstić information content (AvgIpc) is 2.23. The van der Waals surface area contributed by atoms with E-state index in [1.165, 1.54) is 6.07 Å². The van der Waals surface area contributed by atoms with Crippen molar-refractivity contribution in [2.24, 2.45) is 5.92 Å². The van der Waals surface area contributed by atoms with Gasteiger partial charge in [-0.1, -0.05) is 25.4 Å². The van der Waals surface area contributed by atoms with Gasteiger partial charge in [0.25, 0.3) is 0 Å². The first-order valence-electron chi connectivity index (χ1n) is 5.27. The zero-order valence-electron chi connectivity index (χ0n) is 9.92. The fourth-order valence-corrected chi connectivity index (χ4v) is 1.66. The minimum atomic E-state index is -0.645. The molecule has 5 heteroatoms. The van der Waals surface area contributed by atoms with Gasteiger partial charge in [-0.15, -0.1) is 11.6 Å². The molecule has 1 unspecified atom stereocenters. The van der Waals surface area contributed by atoms with Gasteiger partial charge in [-0.2, -0.15) is 0 Å². The number of phenols is 1. The number of aryl methyl sites for hydroxylation is 1. The minimum absolute atomic E-state index is 0.00960. The number of nitrogens with one attached hydrogen (secondary N) is 1. The summed E-state index contributed by atoms with van der Waals surface area (Å²) in [4.78, 5) is 11.7. The van der Waals surface area contributed by atoms with Gasteiger partial charge in [-0.25, -0.2) is 0 Å². The lowest BCUT2D eigenvalue weighted by Gasteiger charge is -2.15. The summed E-state index contributed by atoms with van der Waals surface area (Å²) in [6.07, 6.45) is 0. The highest BCUT2D eigenvalue weighted by atomic mass is 35.5. The fourth-order valence-electron chi connectivity index (χ4n) is 1.34. The molecule has 0 aromatic heterocycles. The van der Waals surface area contributed by atoms with Crippen molar-refractivity contribution in [3.63, 3.8) is 0 Å². The summed E-state index contributed by atoms with van der Waals surface area (Å²) in [7, 11) is 0. The topological polar surface area (TPSA) is 49.3 Å². The Hall–Kier alpha value is -0.930. The smallest absolute Gasteiger partial charge is 0.242 e. The number of halogens is 2. The zero-order valence-corrected chi connectivity index (χ0v) is 11.4. The molecule has 0 saturated heterocycles. The second-order valence-corrected chi connectivity index (χ2v) is 5.16. The molecule has 1 amide bonds. The molecule has 0 spiro atoms. The number of carbonyl (C=O) groups excluding carboxylic acids is 1. The largest absolute Gasteiger partial charge is 0.505 e. The van der Waals surface area contributed by atoms with E-state index in [9.17, 15) is 9.90 Å². The third-order valence-electron chi connectivity index (χ3n) is 2.36. The van der Waals surface area contributed by atoms with Crippen LogP contribution in [0.3, 0.4) is 0 Å². The molecule has 3 nitrogen and oxygen atoms in total. The lowest BCUT2D eigenvalue weighted by atomic mass is 10.1. The maximum Gasteiger partial charge on any atom is 0.242 e. The van der Waals surface area contributed by atoms with Gasteiger partial charge in [-0.3, -0.25) is 4.79 Å². The lowest BCUT2D eigenvalue weighted by Crippen LogP contribution is -2.27. The molecule has 0 aliphatic carbocycles. The highest BCUT2D eigenvalue weighted by Crippen LogP contribution is 2.31. The van der Waals surface area contributed by atoms with Crippen molar-refractivity contribution >= 4 is 34.8 Å². The first kappa shape index (κ1) is 14.1. The van der Waals surface area contributed by atoms with Crippen LogP contribution in [0.2, 0.25) is 5.02 Å². The van der Waals surface area contributed by atoms with Crippen molar-refractivity contribution in [3.8, 4) is 5.75 Å². The molecule has 94 valence electrons. The van der Waals surface area contributed by atoms with Crippen molar-refractivity contribution in [2.45, 2.75) is 26.1 Å². The summed E-state index contributed by atoms with van der Waals surface area (Å²) >= 11 is 11.8. The molecule has 1 atom stereocenters. The first-order chi connectivity index (χ1) is 7.82. The molecule has 1 rings (SSSR count). The number of alkyl halides is 1. The van der Waals surface area contributed by atoms with Gasteiger partial charge in [0.1, 0.15) is 11.1 Å². The summed E-state index contributed by atoms with van der Waals surface area (Å²) in [6, 6.07) is 3.11. The summed E-state index contributed by atoms with van der Waals surface area (Å²) in [6.45, 7) is 5.40. The Kier molecular flexibility index (Phi) is 4.66. The summed E-state index contributed by atoms with van der Waals surface area (Å²) in [5.41, 5.74) is 0.884. The van der Waals surface area contributed by atoms with Crippen LogP contribution in [-0.2, 0) is 4.79 Å². The minimum Gasteiger partial charge on any atom is -0.505 e. The van der Waals surface area contributed by atoms with E-state index in [2.05, 4.69) is 5.32 Å². The molecule has 0 radical (unpaired) electrons. The van der Waals surface area contributed by atoms with Gasteiger partial charge >= 0.3 is 0 Å². The molecule has 0 fully saturated rings. The Bertz CT molecular complexity index is 433. The number of hydrogen-bond acceptors (Lipinski definition) is 2. The number of amides is 1. The predicted molar refractivity (Wildman–Crippen MR) is 71.0 cm³/mol. The van der Waals surface area contributed by atoms with Crippen LogP contribution in [0, 0.1) is 12.8 Å². The van der Waals surface area contributed by atoms with Crippen LogP contribution < -0.4 is 5.32 Å². The Labute approximate surface area is 111 Å². The third-order valence-corrected chi connectivity index (χ3v) is 3.28. The van der Waals surface area contributed by atoms with Gasteiger partial charge in [0, 0.05) is 5.02 Å². The number of phenolic OH excluding ortho intramolecular Hbond substituents is 1. The lowest BCUT2D eigenvalue weighted by molar-refractivity contribution is -0.116. The zero-order chi connectivity index (χ0) is 13.2. The second kappa shape index (κ2) is 5.61. The van der Waals surface area contributed by atoms with E-state index in [0.717, 1.165) is 0 Å². The van der Waals surface area contributed by atoms with E-state index in [0.29, 0.717) is 10.6 Å². The van der Waals surface area contributed by atoms with Gasteiger partial charge in [0.05, 0.1) is 5.69 Å². The molecule has 1 aromatic rings. The predicted octanol–water partition coefficient (Wildman–Crippen LogP) is 3.56. The number of anilines is 1. The van der Waals surface area contributed by atoms with Crippen LogP contribution in [0.5, 0.6) is 5.75 Å².